The van der Waals surface area contributed by atoms with Gasteiger partial charge in [-0.2, -0.15) is 0 Å². The van der Waals surface area contributed by atoms with Crippen LogP contribution in [0.2, 0.25) is 5.02 Å². The minimum Gasteiger partial charge on any atom is -0.357 e. The van der Waals surface area contributed by atoms with Crippen molar-refractivity contribution in [1.29, 1.82) is 0 Å². The lowest BCUT2D eigenvalue weighted by Gasteiger charge is -2.20. The fraction of sp³-hybridized carbons (Fsp3) is 0.409. The van der Waals surface area contributed by atoms with Gasteiger partial charge in [-0.25, -0.2) is 4.98 Å². The third-order valence-corrected chi connectivity index (χ3v) is 5.15. The van der Waals surface area contributed by atoms with Crippen LogP contribution >= 0.6 is 11.6 Å². The Hall–Kier alpha value is -2.80. The second kappa shape index (κ2) is 10.8. The number of pyridine rings is 1. The Morgan fingerprint density at radius 2 is 2.10 bits per heavy atom. The number of nitrogens with one attached hydrogen (secondary N) is 3. The van der Waals surface area contributed by atoms with E-state index in [0.29, 0.717) is 11.6 Å². The molecular weight excluding hydrogens is 400 g/mol. The summed E-state index contributed by atoms with van der Waals surface area (Å²) < 4.78 is 0. The maximum Gasteiger partial charge on any atom is 0.221 e. The van der Waals surface area contributed by atoms with Crippen LogP contribution in [0, 0.1) is 0 Å². The van der Waals surface area contributed by atoms with E-state index in [4.69, 9.17) is 16.6 Å². The molecule has 1 aromatic carbocycles. The van der Waals surface area contributed by atoms with Gasteiger partial charge in [0.25, 0.3) is 0 Å². The van der Waals surface area contributed by atoms with Crippen molar-refractivity contribution in [2.45, 2.75) is 32.7 Å². The van der Waals surface area contributed by atoms with Crippen LogP contribution in [0.4, 0.5) is 11.5 Å². The molecule has 7 nitrogen and oxygen atoms in total. The summed E-state index contributed by atoms with van der Waals surface area (Å²) in [5, 5.41) is 10.3. The molecule has 2 aromatic rings. The average Bonchev–Trinajstić information content (AvgIpc) is 3.17. The first kappa shape index (κ1) is 21.9. The van der Waals surface area contributed by atoms with Crippen molar-refractivity contribution in [3.05, 3.63) is 53.2 Å². The molecule has 0 radical (unpaired) electrons. The smallest absolute Gasteiger partial charge is 0.221 e. The Balaban J connectivity index is 1.52. The van der Waals surface area contributed by atoms with Gasteiger partial charge >= 0.3 is 0 Å². The summed E-state index contributed by atoms with van der Waals surface area (Å²) in [5.41, 5.74) is 1.99. The summed E-state index contributed by atoms with van der Waals surface area (Å²) in [6.07, 6.45) is 3.61. The number of benzene rings is 1. The van der Waals surface area contributed by atoms with Gasteiger partial charge in [0.05, 0.1) is 5.02 Å². The fourth-order valence-corrected chi connectivity index (χ4v) is 3.69. The molecule has 3 N–H and O–H groups in total. The second-order valence-electron chi connectivity index (χ2n) is 7.27. The minimum absolute atomic E-state index is 0.0653. The number of amides is 1. The maximum atomic E-state index is 11.1. The maximum absolute atomic E-state index is 11.1. The number of anilines is 2. The highest BCUT2D eigenvalue weighted by Crippen LogP contribution is 2.25. The zero-order valence-electron chi connectivity index (χ0n) is 17.5. The SMILES string of the molecule is CCNC(=NCCc1ccc(NC(C)=O)cc1)NC1CCN(c2ncccc2Cl)C1. The molecule has 0 spiro atoms. The number of guanidine groups is 1. The Bertz CT molecular complexity index is 870. The molecule has 1 aliphatic heterocycles. The predicted octanol–water partition coefficient (Wildman–Crippen LogP) is 3.07. The first-order chi connectivity index (χ1) is 14.5. The molecule has 1 fully saturated rings. The lowest BCUT2D eigenvalue weighted by atomic mass is 10.1. The molecule has 1 aliphatic rings. The van der Waals surface area contributed by atoms with E-state index in [0.717, 1.165) is 49.9 Å². The van der Waals surface area contributed by atoms with Crippen LogP contribution in [0.3, 0.4) is 0 Å². The molecule has 0 bridgehead atoms. The molecule has 1 amide bonds. The van der Waals surface area contributed by atoms with Gasteiger partial charge in [0.1, 0.15) is 5.82 Å². The summed E-state index contributed by atoms with van der Waals surface area (Å²) in [6, 6.07) is 11.9. The third kappa shape index (κ3) is 6.35. The van der Waals surface area contributed by atoms with Crippen LogP contribution in [0.1, 0.15) is 25.8 Å². The van der Waals surface area contributed by atoms with E-state index in [1.165, 1.54) is 12.5 Å². The third-order valence-electron chi connectivity index (χ3n) is 4.86. The van der Waals surface area contributed by atoms with Crippen molar-refractivity contribution >= 4 is 35.0 Å². The van der Waals surface area contributed by atoms with Crippen LogP contribution in [-0.4, -0.2) is 49.1 Å². The standard InChI is InChI=1S/C22H29ClN6O/c1-3-24-22(26-13-10-17-6-8-18(9-7-17)27-16(2)30)28-19-11-14-29(15-19)21-20(23)5-4-12-25-21/h4-9,12,19H,3,10-11,13-15H2,1-2H3,(H,27,30)(H2,24,26,28). The number of aliphatic imine (C=N–C) groups is 1. The molecular formula is C22H29ClN6O. The van der Waals surface area contributed by atoms with Crippen LogP contribution in [0.15, 0.2) is 47.6 Å². The van der Waals surface area contributed by atoms with E-state index in [-0.39, 0.29) is 11.9 Å². The average molecular weight is 429 g/mol. The Labute approximate surface area is 182 Å². The minimum atomic E-state index is -0.0653. The van der Waals surface area contributed by atoms with Gasteiger partial charge < -0.3 is 20.9 Å². The number of hydrogen-bond donors (Lipinski definition) is 3. The Morgan fingerprint density at radius 1 is 1.30 bits per heavy atom. The Morgan fingerprint density at radius 3 is 2.80 bits per heavy atom. The van der Waals surface area contributed by atoms with Crippen molar-refractivity contribution in [3.8, 4) is 0 Å². The number of nitrogens with zero attached hydrogens (tertiary/aromatic N) is 3. The van der Waals surface area contributed by atoms with Crippen LogP contribution in [0.5, 0.6) is 0 Å². The van der Waals surface area contributed by atoms with Crippen LogP contribution < -0.4 is 20.9 Å². The number of carbonyl (C=O) groups excluding carboxylic acids is 1. The first-order valence-corrected chi connectivity index (χ1v) is 10.7. The van der Waals surface area contributed by atoms with Gasteiger partial charge in [0.2, 0.25) is 5.91 Å². The normalized spacial score (nSPS) is 16.4. The number of aromatic nitrogens is 1. The lowest BCUT2D eigenvalue weighted by Crippen LogP contribution is -2.44. The van der Waals surface area contributed by atoms with E-state index in [1.807, 2.05) is 36.4 Å². The molecule has 0 aliphatic carbocycles. The van der Waals surface area contributed by atoms with Gasteiger partial charge in [-0.1, -0.05) is 23.7 Å². The molecule has 1 atom stereocenters. The van der Waals surface area contributed by atoms with Gasteiger partial charge in [-0.15, -0.1) is 0 Å². The monoisotopic (exact) mass is 428 g/mol. The summed E-state index contributed by atoms with van der Waals surface area (Å²) in [5.74, 6) is 1.60. The van der Waals surface area contributed by atoms with Gasteiger partial charge in [-0.3, -0.25) is 9.79 Å². The van der Waals surface area contributed by atoms with Gasteiger partial charge in [0.15, 0.2) is 5.96 Å². The first-order valence-electron chi connectivity index (χ1n) is 10.3. The summed E-state index contributed by atoms with van der Waals surface area (Å²) >= 11 is 6.29. The van der Waals surface area contributed by atoms with Crippen molar-refractivity contribution in [2.75, 3.05) is 36.4 Å². The molecule has 3 rings (SSSR count). The largest absolute Gasteiger partial charge is 0.357 e. The topological polar surface area (TPSA) is 81.6 Å². The van der Waals surface area contributed by atoms with Gasteiger partial charge in [0, 0.05) is 51.0 Å². The second-order valence-corrected chi connectivity index (χ2v) is 7.68. The van der Waals surface area contributed by atoms with Crippen molar-refractivity contribution in [2.24, 2.45) is 4.99 Å². The van der Waals surface area contributed by atoms with E-state index in [1.54, 1.807) is 6.20 Å². The molecule has 160 valence electrons. The Kier molecular flexibility index (Phi) is 7.90. The van der Waals surface area contributed by atoms with Gasteiger partial charge in [-0.05, 0) is 49.6 Å². The molecule has 1 unspecified atom stereocenters. The summed E-state index contributed by atoms with van der Waals surface area (Å²) in [7, 11) is 0. The van der Waals surface area contributed by atoms with E-state index in [9.17, 15) is 4.79 Å². The van der Waals surface area contributed by atoms with Crippen molar-refractivity contribution in [3.63, 3.8) is 0 Å². The van der Waals surface area contributed by atoms with E-state index in [2.05, 4.69) is 32.8 Å². The fourth-order valence-electron chi connectivity index (χ4n) is 3.45. The highest BCUT2D eigenvalue weighted by atomic mass is 35.5. The zero-order chi connectivity index (χ0) is 21.3. The number of rotatable bonds is 7. The lowest BCUT2D eigenvalue weighted by molar-refractivity contribution is -0.114. The molecule has 1 aromatic heterocycles. The molecule has 30 heavy (non-hydrogen) atoms. The van der Waals surface area contributed by atoms with E-state index < -0.39 is 0 Å². The van der Waals surface area contributed by atoms with E-state index >= 15 is 0 Å². The highest BCUT2D eigenvalue weighted by molar-refractivity contribution is 6.32. The molecule has 2 heterocycles. The number of carbonyl (C=O) groups is 1. The molecule has 1 saturated heterocycles. The number of halogens is 1. The van der Waals surface area contributed by atoms with Crippen molar-refractivity contribution in [1.82, 2.24) is 15.6 Å². The highest BCUT2D eigenvalue weighted by Gasteiger charge is 2.25. The zero-order valence-corrected chi connectivity index (χ0v) is 18.2. The number of hydrogen-bond acceptors (Lipinski definition) is 4. The van der Waals surface area contributed by atoms with Crippen LogP contribution in [0.25, 0.3) is 0 Å². The summed E-state index contributed by atoms with van der Waals surface area (Å²) in [4.78, 5) is 22.5. The quantitative estimate of drug-likeness (QED) is 0.466. The van der Waals surface area contributed by atoms with Crippen molar-refractivity contribution < 1.29 is 4.79 Å². The predicted molar refractivity (Wildman–Crippen MR) is 123 cm³/mol. The van der Waals surface area contributed by atoms with Crippen LogP contribution in [-0.2, 0) is 11.2 Å². The molecule has 0 saturated carbocycles. The summed E-state index contributed by atoms with van der Waals surface area (Å²) in [6.45, 7) is 6.80. The molecule has 8 heteroatoms.